The van der Waals surface area contributed by atoms with E-state index in [-0.39, 0.29) is 11.5 Å². The number of benzene rings is 3. The molecule has 1 amide bonds. The molecule has 4 rings (SSSR count). The summed E-state index contributed by atoms with van der Waals surface area (Å²) in [6.07, 6.45) is 0. The van der Waals surface area contributed by atoms with Crippen molar-refractivity contribution in [2.45, 2.75) is 0 Å². The Morgan fingerprint density at radius 2 is 1.74 bits per heavy atom. The van der Waals surface area contributed by atoms with E-state index in [1.54, 1.807) is 31.4 Å². The lowest BCUT2D eigenvalue weighted by atomic mass is 10.0. The fourth-order valence-corrected chi connectivity index (χ4v) is 3.01. The molecular formula is C22H17NO4. The number of para-hydroxylation sites is 2. The zero-order valence-electron chi connectivity index (χ0n) is 14.6. The van der Waals surface area contributed by atoms with Crippen molar-refractivity contribution in [3.05, 3.63) is 78.6 Å². The second-order valence-electron chi connectivity index (χ2n) is 6.01. The monoisotopic (exact) mass is 359 g/mol. The lowest BCUT2D eigenvalue weighted by Gasteiger charge is -2.07. The number of hydrogen-bond donors (Lipinski definition) is 2. The van der Waals surface area contributed by atoms with E-state index in [1.807, 2.05) is 42.5 Å². The Morgan fingerprint density at radius 1 is 1.00 bits per heavy atom. The molecule has 134 valence electrons. The second-order valence-corrected chi connectivity index (χ2v) is 6.01. The summed E-state index contributed by atoms with van der Waals surface area (Å²) in [5.41, 5.74) is 2.43. The lowest BCUT2D eigenvalue weighted by Crippen LogP contribution is -2.12. The second kappa shape index (κ2) is 6.88. The van der Waals surface area contributed by atoms with E-state index >= 15 is 0 Å². The van der Waals surface area contributed by atoms with Crippen LogP contribution in [0.1, 0.15) is 10.6 Å². The number of rotatable bonds is 4. The van der Waals surface area contributed by atoms with Crippen LogP contribution in [0.5, 0.6) is 11.5 Å². The molecule has 5 heteroatoms. The van der Waals surface area contributed by atoms with E-state index in [2.05, 4.69) is 5.32 Å². The van der Waals surface area contributed by atoms with Crippen LogP contribution in [-0.2, 0) is 0 Å². The highest BCUT2D eigenvalue weighted by atomic mass is 16.5. The summed E-state index contributed by atoms with van der Waals surface area (Å²) < 4.78 is 11.2. The summed E-state index contributed by atoms with van der Waals surface area (Å²) in [5, 5.41) is 13.5. The molecule has 2 N–H and O–H groups in total. The average Bonchev–Trinajstić information content (AvgIpc) is 3.09. The first-order valence-corrected chi connectivity index (χ1v) is 8.42. The maximum absolute atomic E-state index is 12.9. The van der Waals surface area contributed by atoms with Crippen LogP contribution in [0.3, 0.4) is 0 Å². The molecule has 27 heavy (non-hydrogen) atoms. The maximum atomic E-state index is 12.9. The first kappa shape index (κ1) is 16.7. The van der Waals surface area contributed by atoms with Crippen LogP contribution in [0.25, 0.3) is 22.1 Å². The smallest absolute Gasteiger partial charge is 0.292 e. The van der Waals surface area contributed by atoms with Crippen LogP contribution in [0, 0.1) is 0 Å². The summed E-state index contributed by atoms with van der Waals surface area (Å²) in [5.74, 6) is 0.367. The SMILES string of the molecule is COc1ccc2c(-c3ccccc3)c(C(=O)Nc3ccccc3O)oc2c1. The molecule has 0 aliphatic heterocycles. The quantitative estimate of drug-likeness (QED) is 0.499. The highest BCUT2D eigenvalue weighted by Gasteiger charge is 2.23. The Kier molecular flexibility index (Phi) is 4.26. The molecule has 0 radical (unpaired) electrons. The fraction of sp³-hybridized carbons (Fsp3) is 0.0455. The highest BCUT2D eigenvalue weighted by Crippen LogP contribution is 2.37. The van der Waals surface area contributed by atoms with Crippen LogP contribution in [0.15, 0.2) is 77.2 Å². The molecule has 0 unspecified atom stereocenters. The minimum atomic E-state index is -0.439. The maximum Gasteiger partial charge on any atom is 0.292 e. The number of carbonyl (C=O) groups excluding carboxylic acids is 1. The number of nitrogens with one attached hydrogen (secondary N) is 1. The highest BCUT2D eigenvalue weighted by molar-refractivity contribution is 6.13. The summed E-state index contributed by atoms with van der Waals surface area (Å²) in [6.45, 7) is 0. The Morgan fingerprint density at radius 3 is 2.48 bits per heavy atom. The number of carbonyl (C=O) groups is 1. The Labute approximate surface area is 155 Å². The minimum Gasteiger partial charge on any atom is -0.506 e. The topological polar surface area (TPSA) is 71.7 Å². The third kappa shape index (κ3) is 3.11. The van der Waals surface area contributed by atoms with Crippen molar-refractivity contribution in [1.82, 2.24) is 0 Å². The first-order valence-electron chi connectivity index (χ1n) is 8.42. The summed E-state index contributed by atoms with van der Waals surface area (Å²) in [6, 6.07) is 21.6. The summed E-state index contributed by atoms with van der Waals surface area (Å²) in [7, 11) is 1.58. The van der Waals surface area contributed by atoms with Gasteiger partial charge in [0.25, 0.3) is 5.91 Å². The predicted octanol–water partition coefficient (Wildman–Crippen LogP) is 5.07. The van der Waals surface area contributed by atoms with Crippen LogP contribution < -0.4 is 10.1 Å². The molecule has 1 heterocycles. The Bertz CT molecular complexity index is 1120. The van der Waals surface area contributed by atoms with Crippen molar-refractivity contribution in [3.8, 4) is 22.6 Å². The van der Waals surface area contributed by atoms with Gasteiger partial charge in [-0.05, 0) is 29.8 Å². The normalized spacial score (nSPS) is 10.7. The molecule has 5 nitrogen and oxygen atoms in total. The molecule has 0 saturated carbocycles. The van der Waals surface area contributed by atoms with Crippen molar-refractivity contribution in [3.63, 3.8) is 0 Å². The molecule has 0 bridgehead atoms. The zero-order chi connectivity index (χ0) is 18.8. The number of aromatic hydroxyl groups is 1. The number of anilines is 1. The number of amides is 1. The number of methoxy groups -OCH3 is 1. The largest absolute Gasteiger partial charge is 0.506 e. The van der Waals surface area contributed by atoms with E-state index in [1.165, 1.54) is 6.07 Å². The predicted molar refractivity (Wildman–Crippen MR) is 104 cm³/mol. The van der Waals surface area contributed by atoms with Gasteiger partial charge in [-0.25, -0.2) is 0 Å². The standard InChI is InChI=1S/C22H17NO4/c1-26-15-11-12-16-19(13-15)27-21(20(16)14-7-3-2-4-8-14)22(25)23-17-9-5-6-10-18(17)24/h2-13,24H,1H3,(H,23,25). The lowest BCUT2D eigenvalue weighted by molar-refractivity contribution is 0.0999. The van der Waals surface area contributed by atoms with Crippen LogP contribution >= 0.6 is 0 Å². The van der Waals surface area contributed by atoms with Gasteiger partial charge in [-0.1, -0.05) is 42.5 Å². The van der Waals surface area contributed by atoms with Gasteiger partial charge in [0, 0.05) is 17.0 Å². The number of hydrogen-bond acceptors (Lipinski definition) is 4. The van der Waals surface area contributed by atoms with Crippen LogP contribution in [0.2, 0.25) is 0 Å². The van der Waals surface area contributed by atoms with Gasteiger partial charge in [-0.2, -0.15) is 0 Å². The van der Waals surface area contributed by atoms with Gasteiger partial charge >= 0.3 is 0 Å². The zero-order valence-corrected chi connectivity index (χ0v) is 14.6. The number of ether oxygens (including phenoxy) is 1. The van der Waals surface area contributed by atoms with Gasteiger partial charge in [0.1, 0.15) is 17.1 Å². The fourth-order valence-electron chi connectivity index (χ4n) is 3.01. The van der Waals surface area contributed by atoms with Gasteiger partial charge in [0.05, 0.1) is 12.8 Å². The molecular weight excluding hydrogens is 342 g/mol. The molecule has 4 aromatic rings. The van der Waals surface area contributed by atoms with Crippen molar-refractivity contribution < 1.29 is 19.1 Å². The average molecular weight is 359 g/mol. The van der Waals surface area contributed by atoms with Gasteiger partial charge in [0.15, 0.2) is 0 Å². The molecule has 0 fully saturated rings. The third-order valence-electron chi connectivity index (χ3n) is 4.32. The minimum absolute atomic E-state index is 0.00936. The third-order valence-corrected chi connectivity index (χ3v) is 4.32. The number of furan rings is 1. The Hall–Kier alpha value is -3.73. The molecule has 0 spiro atoms. The van der Waals surface area contributed by atoms with E-state index in [0.717, 1.165) is 10.9 Å². The van der Waals surface area contributed by atoms with Crippen LogP contribution in [0.4, 0.5) is 5.69 Å². The molecule has 0 atom stereocenters. The molecule has 3 aromatic carbocycles. The van der Waals surface area contributed by atoms with Gasteiger partial charge < -0.3 is 19.6 Å². The van der Waals surface area contributed by atoms with Gasteiger partial charge in [-0.3, -0.25) is 4.79 Å². The van der Waals surface area contributed by atoms with Crippen molar-refractivity contribution >= 4 is 22.6 Å². The van der Waals surface area contributed by atoms with Gasteiger partial charge in [-0.15, -0.1) is 0 Å². The van der Waals surface area contributed by atoms with E-state index < -0.39 is 5.91 Å². The van der Waals surface area contributed by atoms with Crippen molar-refractivity contribution in [2.75, 3.05) is 12.4 Å². The first-order chi connectivity index (χ1) is 13.2. The van der Waals surface area contributed by atoms with Crippen LogP contribution in [-0.4, -0.2) is 18.1 Å². The van der Waals surface area contributed by atoms with Crippen molar-refractivity contribution in [2.24, 2.45) is 0 Å². The van der Waals surface area contributed by atoms with Crippen molar-refractivity contribution in [1.29, 1.82) is 0 Å². The molecule has 0 aliphatic carbocycles. The van der Waals surface area contributed by atoms with Gasteiger partial charge in [0.2, 0.25) is 5.76 Å². The van der Waals surface area contributed by atoms with E-state index in [9.17, 15) is 9.90 Å². The summed E-state index contributed by atoms with van der Waals surface area (Å²) in [4.78, 5) is 12.9. The molecule has 0 aliphatic rings. The number of phenols is 1. The Balaban J connectivity index is 1.86. The van der Waals surface area contributed by atoms with E-state index in [4.69, 9.17) is 9.15 Å². The number of fused-ring (bicyclic) bond motifs is 1. The van der Waals surface area contributed by atoms with E-state index in [0.29, 0.717) is 22.6 Å². The summed E-state index contributed by atoms with van der Waals surface area (Å²) >= 11 is 0. The number of phenolic OH excluding ortho intramolecular Hbond substituents is 1. The molecule has 0 saturated heterocycles. The molecule has 1 aromatic heterocycles.